The summed E-state index contributed by atoms with van der Waals surface area (Å²) in [6.45, 7) is 10.5. The van der Waals surface area contributed by atoms with Gasteiger partial charge in [0.2, 0.25) is 0 Å². The molecule has 2 aliphatic heterocycles. The average Bonchev–Trinajstić information content (AvgIpc) is 3.51. The largest absolute Gasteiger partial charge is 0.360 e. The monoisotopic (exact) mass is 438 g/mol. The lowest BCUT2D eigenvalue weighted by atomic mass is 10.1. The van der Waals surface area contributed by atoms with E-state index < -0.39 is 0 Å². The van der Waals surface area contributed by atoms with Gasteiger partial charge in [-0.3, -0.25) is 19.6 Å². The van der Waals surface area contributed by atoms with E-state index in [2.05, 4.69) is 29.0 Å². The summed E-state index contributed by atoms with van der Waals surface area (Å²) in [7, 11) is 0. The van der Waals surface area contributed by atoms with Gasteiger partial charge in [-0.15, -0.1) is 0 Å². The third-order valence-electron chi connectivity index (χ3n) is 6.74. The second-order valence-electron chi connectivity index (χ2n) is 9.49. The summed E-state index contributed by atoms with van der Waals surface area (Å²) in [5, 5.41) is 7.23. The maximum Gasteiger partial charge on any atom is 0.276 e. The molecule has 0 spiro atoms. The highest BCUT2D eigenvalue weighted by Gasteiger charge is 2.34. The number of carbonyl (C=O) groups excluding carboxylic acids is 1. The fraction of sp³-hybridized carbons (Fsp3) is 0.565. The van der Waals surface area contributed by atoms with Crippen LogP contribution in [0.2, 0.25) is 0 Å². The molecule has 5 rings (SSSR count). The molecule has 1 atom stereocenters. The number of carbonyl (C=O) groups is 1. The minimum absolute atomic E-state index is 0.0337. The summed E-state index contributed by atoms with van der Waals surface area (Å²) in [5.74, 6) is 0.725. The third-order valence-corrected chi connectivity index (χ3v) is 6.74. The Bertz CT molecular complexity index is 1220. The Morgan fingerprint density at radius 2 is 2.03 bits per heavy atom. The second-order valence-corrected chi connectivity index (χ2v) is 9.49. The lowest BCUT2D eigenvalue weighted by molar-refractivity contribution is 0.0722. The third kappa shape index (κ3) is 3.44. The Hall–Kier alpha value is -2.94. The van der Waals surface area contributed by atoms with Crippen LogP contribution in [-0.2, 0) is 13.0 Å². The number of H-pyrrole nitrogens is 1. The molecule has 3 aromatic heterocycles. The molecule has 32 heavy (non-hydrogen) atoms. The first kappa shape index (κ1) is 20.9. The van der Waals surface area contributed by atoms with E-state index >= 15 is 0 Å². The van der Waals surface area contributed by atoms with Crippen LogP contribution in [0.3, 0.4) is 0 Å². The topological polar surface area (TPSA) is 99.7 Å². The minimum Gasteiger partial charge on any atom is -0.360 e. The Morgan fingerprint density at radius 3 is 2.75 bits per heavy atom. The number of fused-ring (bicyclic) bond motifs is 2. The first-order valence-corrected chi connectivity index (χ1v) is 11.5. The molecule has 0 unspecified atom stereocenters. The highest BCUT2D eigenvalue weighted by atomic mass is 16.5. The van der Waals surface area contributed by atoms with Gasteiger partial charge in [-0.1, -0.05) is 19.0 Å². The Balaban J connectivity index is 1.47. The molecule has 1 N–H and O–H groups in total. The maximum atomic E-state index is 13.2. The van der Waals surface area contributed by atoms with E-state index in [0.29, 0.717) is 42.7 Å². The summed E-state index contributed by atoms with van der Waals surface area (Å²) < 4.78 is 6.86. The van der Waals surface area contributed by atoms with E-state index in [4.69, 9.17) is 9.51 Å². The zero-order valence-corrected chi connectivity index (χ0v) is 19.1. The zero-order valence-electron chi connectivity index (χ0n) is 19.1. The lowest BCUT2D eigenvalue weighted by Gasteiger charge is -2.30. The fourth-order valence-corrected chi connectivity index (χ4v) is 4.79. The fourth-order valence-electron chi connectivity index (χ4n) is 4.79. The van der Waals surface area contributed by atoms with Crippen LogP contribution >= 0.6 is 0 Å². The van der Waals surface area contributed by atoms with Crippen molar-refractivity contribution in [1.82, 2.24) is 29.6 Å². The summed E-state index contributed by atoms with van der Waals surface area (Å²) in [5.41, 5.74) is 3.39. The van der Waals surface area contributed by atoms with Crippen molar-refractivity contribution in [2.75, 3.05) is 13.1 Å². The van der Waals surface area contributed by atoms with Crippen LogP contribution in [0.25, 0.3) is 5.65 Å². The van der Waals surface area contributed by atoms with E-state index in [1.165, 1.54) is 4.52 Å². The molecule has 3 aromatic rings. The van der Waals surface area contributed by atoms with Crippen LogP contribution in [0.4, 0.5) is 0 Å². The Morgan fingerprint density at radius 1 is 1.22 bits per heavy atom. The molecule has 9 nitrogen and oxygen atoms in total. The van der Waals surface area contributed by atoms with Crippen LogP contribution in [0.15, 0.2) is 21.5 Å². The van der Waals surface area contributed by atoms with Gasteiger partial charge in [-0.25, -0.2) is 9.50 Å². The number of aromatic nitrogens is 4. The molecule has 0 saturated carbocycles. The van der Waals surface area contributed by atoms with E-state index in [0.717, 1.165) is 36.3 Å². The molecule has 9 heteroatoms. The number of amides is 1. The summed E-state index contributed by atoms with van der Waals surface area (Å²) in [4.78, 5) is 35.3. The molecule has 0 aromatic carbocycles. The standard InChI is InChI=1S/C23H30N6O3/c1-13(2)20-10-17(26-32-20)23(31)28-8-5-6-19(28)16-11-21-24-18-12-27(14(3)4)9-7-15(18)22(30)29(21)25-16/h10-11,13-14,19,25H,5-9,12H2,1-4H3/t19-/m1/s1. The quantitative estimate of drug-likeness (QED) is 0.672. The number of nitrogens with one attached hydrogen (secondary N) is 1. The van der Waals surface area contributed by atoms with Crippen molar-refractivity contribution in [2.45, 2.75) is 71.5 Å². The van der Waals surface area contributed by atoms with Gasteiger partial charge in [0, 0.05) is 49.3 Å². The minimum atomic E-state index is -0.146. The molecule has 0 radical (unpaired) electrons. The number of hydrogen-bond acceptors (Lipinski definition) is 6. The zero-order chi connectivity index (χ0) is 22.6. The molecule has 2 aliphatic rings. The molecule has 1 fully saturated rings. The smallest absolute Gasteiger partial charge is 0.276 e. The number of hydrogen-bond donors (Lipinski definition) is 1. The van der Waals surface area contributed by atoms with Crippen molar-refractivity contribution in [3.05, 3.63) is 50.9 Å². The molecule has 170 valence electrons. The first-order valence-electron chi connectivity index (χ1n) is 11.5. The van der Waals surface area contributed by atoms with Crippen molar-refractivity contribution < 1.29 is 9.32 Å². The SMILES string of the molecule is CC(C)c1cc(C(=O)N2CCC[C@@H]2c2cc3nc4c(c(=O)n3[nH]2)CCN(C(C)C)C4)no1. The van der Waals surface area contributed by atoms with Gasteiger partial charge in [0.15, 0.2) is 11.3 Å². The number of rotatable bonds is 4. The molecule has 5 heterocycles. The molecule has 0 bridgehead atoms. The summed E-state index contributed by atoms with van der Waals surface area (Å²) in [6, 6.07) is 3.91. The van der Waals surface area contributed by atoms with E-state index in [-0.39, 0.29) is 23.4 Å². The second kappa shape index (κ2) is 7.88. The summed E-state index contributed by atoms with van der Waals surface area (Å²) in [6.07, 6.45) is 2.42. The van der Waals surface area contributed by atoms with Gasteiger partial charge in [0.1, 0.15) is 5.76 Å². The first-order chi connectivity index (χ1) is 15.3. The highest BCUT2D eigenvalue weighted by molar-refractivity contribution is 5.92. The predicted octanol–water partition coefficient (Wildman–Crippen LogP) is 2.88. The van der Waals surface area contributed by atoms with Crippen molar-refractivity contribution in [3.63, 3.8) is 0 Å². The molecule has 1 amide bonds. The average molecular weight is 439 g/mol. The van der Waals surface area contributed by atoms with Gasteiger partial charge in [-0.05, 0) is 33.1 Å². The van der Waals surface area contributed by atoms with Crippen LogP contribution in [0, 0.1) is 0 Å². The van der Waals surface area contributed by atoms with E-state index in [9.17, 15) is 9.59 Å². The van der Waals surface area contributed by atoms with Crippen molar-refractivity contribution in [2.24, 2.45) is 0 Å². The van der Waals surface area contributed by atoms with Crippen molar-refractivity contribution in [1.29, 1.82) is 0 Å². The molecule has 1 saturated heterocycles. The van der Waals surface area contributed by atoms with Gasteiger partial charge in [0.25, 0.3) is 11.5 Å². The van der Waals surface area contributed by atoms with E-state index in [1.54, 1.807) is 6.07 Å². The predicted molar refractivity (Wildman–Crippen MR) is 119 cm³/mol. The maximum absolute atomic E-state index is 13.2. The lowest BCUT2D eigenvalue weighted by Crippen LogP contribution is -2.39. The summed E-state index contributed by atoms with van der Waals surface area (Å²) >= 11 is 0. The van der Waals surface area contributed by atoms with Crippen LogP contribution < -0.4 is 5.56 Å². The highest BCUT2D eigenvalue weighted by Crippen LogP contribution is 2.33. The normalized spacial score (nSPS) is 19.4. The van der Waals surface area contributed by atoms with Gasteiger partial charge < -0.3 is 9.42 Å². The van der Waals surface area contributed by atoms with Crippen LogP contribution in [-0.4, -0.2) is 54.6 Å². The Labute approximate surface area is 186 Å². The van der Waals surface area contributed by atoms with Crippen molar-refractivity contribution >= 4 is 11.6 Å². The number of likely N-dealkylation sites (tertiary alicyclic amines) is 1. The molecule has 0 aliphatic carbocycles. The van der Waals surface area contributed by atoms with Gasteiger partial charge in [0.05, 0.1) is 17.4 Å². The molecular weight excluding hydrogens is 408 g/mol. The van der Waals surface area contributed by atoms with Crippen LogP contribution in [0.1, 0.15) is 85.7 Å². The van der Waals surface area contributed by atoms with Gasteiger partial charge in [-0.2, -0.15) is 0 Å². The van der Waals surface area contributed by atoms with Crippen LogP contribution in [0.5, 0.6) is 0 Å². The Kier molecular flexibility index (Phi) is 5.16. The van der Waals surface area contributed by atoms with E-state index in [1.807, 2.05) is 24.8 Å². The molecular formula is C23H30N6O3. The van der Waals surface area contributed by atoms with Gasteiger partial charge >= 0.3 is 0 Å². The van der Waals surface area contributed by atoms with Crippen molar-refractivity contribution in [3.8, 4) is 0 Å². The number of aromatic amines is 1. The number of nitrogens with zero attached hydrogens (tertiary/aromatic N) is 5.